The highest BCUT2D eigenvalue weighted by Gasteiger charge is 2.53. The summed E-state index contributed by atoms with van der Waals surface area (Å²) < 4.78 is 13.3. The fourth-order valence-electron chi connectivity index (χ4n) is 12.0. The maximum Gasteiger partial charge on any atom is 0.178 e. The van der Waals surface area contributed by atoms with Crippen molar-refractivity contribution in [3.8, 4) is 56.4 Å². The van der Waals surface area contributed by atoms with E-state index in [0.717, 1.165) is 51.2 Å². The summed E-state index contributed by atoms with van der Waals surface area (Å²) in [7, 11) is 0. The zero-order valence-corrected chi connectivity index (χ0v) is 35.3. The molecule has 0 N–H and O–H groups in total. The van der Waals surface area contributed by atoms with E-state index in [1.807, 2.05) is 24.3 Å². The van der Waals surface area contributed by atoms with Gasteiger partial charge in [0.05, 0.1) is 16.5 Å². The van der Waals surface area contributed by atoms with Crippen molar-refractivity contribution < 1.29 is 9.47 Å². The molecule has 0 aromatic heterocycles. The SMILES string of the molecule is c1ccc(N(c2ccc(C3(c4ccccc4)c4ccccc4-c4c3ccc3c4Oc4ccccc4O3)cc2)c2cccc3c2-c2ccccc2C32c3ccccc3-c3ccccc32)cc1. The van der Waals surface area contributed by atoms with E-state index in [9.17, 15) is 0 Å². The molecule has 3 heteroatoms. The Balaban J connectivity index is 0.984. The zero-order chi connectivity index (χ0) is 42.7. The maximum absolute atomic E-state index is 6.79. The molecule has 304 valence electrons. The Kier molecular flexibility index (Phi) is 7.53. The van der Waals surface area contributed by atoms with Gasteiger partial charge >= 0.3 is 0 Å². The van der Waals surface area contributed by atoms with Crippen LogP contribution in [0, 0.1) is 0 Å². The van der Waals surface area contributed by atoms with E-state index >= 15 is 0 Å². The molecule has 4 aliphatic rings. The Bertz CT molecular complexity index is 3510. The number of para-hydroxylation sites is 3. The van der Waals surface area contributed by atoms with Crippen molar-refractivity contribution in [3.63, 3.8) is 0 Å². The molecule has 1 heterocycles. The molecule has 0 fully saturated rings. The second kappa shape index (κ2) is 13.6. The molecule has 65 heavy (non-hydrogen) atoms. The third-order valence-corrected chi connectivity index (χ3v) is 14.4. The lowest BCUT2D eigenvalue weighted by Gasteiger charge is -2.35. The van der Waals surface area contributed by atoms with Crippen molar-refractivity contribution >= 4 is 17.1 Å². The molecule has 14 rings (SSSR count). The summed E-state index contributed by atoms with van der Waals surface area (Å²) in [4.78, 5) is 2.45. The van der Waals surface area contributed by atoms with Crippen molar-refractivity contribution in [1.82, 2.24) is 0 Å². The van der Waals surface area contributed by atoms with E-state index in [1.54, 1.807) is 0 Å². The molecule has 3 aliphatic carbocycles. The molecule has 3 nitrogen and oxygen atoms in total. The second-order valence-corrected chi connectivity index (χ2v) is 17.4. The molecule has 0 saturated heterocycles. The Hall–Kier alpha value is -8.40. The van der Waals surface area contributed by atoms with Crippen molar-refractivity contribution in [2.75, 3.05) is 4.90 Å². The van der Waals surface area contributed by atoms with Gasteiger partial charge in [0.15, 0.2) is 23.0 Å². The minimum Gasteiger partial charge on any atom is -0.449 e. The molecule has 1 unspecified atom stereocenters. The van der Waals surface area contributed by atoms with Crippen molar-refractivity contribution in [3.05, 3.63) is 281 Å². The van der Waals surface area contributed by atoms with Crippen LogP contribution in [-0.2, 0) is 10.8 Å². The predicted octanol–water partition coefficient (Wildman–Crippen LogP) is 15.8. The first-order valence-corrected chi connectivity index (χ1v) is 22.4. The molecular formula is C62H39NO2. The smallest absolute Gasteiger partial charge is 0.178 e. The lowest BCUT2D eigenvalue weighted by atomic mass is 9.67. The number of ether oxygens (including phenoxy) is 2. The molecule has 0 amide bonds. The molecule has 0 saturated carbocycles. The first kappa shape index (κ1) is 36.1. The topological polar surface area (TPSA) is 21.7 Å². The average Bonchev–Trinajstić information content (AvgIpc) is 3.98. The summed E-state index contributed by atoms with van der Waals surface area (Å²) in [5.41, 5.74) is 19.6. The summed E-state index contributed by atoms with van der Waals surface area (Å²) in [6, 6.07) is 86.2. The van der Waals surface area contributed by atoms with Gasteiger partial charge < -0.3 is 14.4 Å². The van der Waals surface area contributed by atoms with E-state index < -0.39 is 10.8 Å². The van der Waals surface area contributed by atoms with Crippen LogP contribution in [0.15, 0.2) is 237 Å². The van der Waals surface area contributed by atoms with Gasteiger partial charge in [-0.1, -0.05) is 188 Å². The minimum absolute atomic E-state index is 0.442. The fourth-order valence-corrected chi connectivity index (χ4v) is 12.0. The largest absolute Gasteiger partial charge is 0.449 e. The summed E-state index contributed by atoms with van der Waals surface area (Å²) in [6.45, 7) is 0. The molecule has 0 bridgehead atoms. The first-order chi connectivity index (χ1) is 32.3. The van der Waals surface area contributed by atoms with Gasteiger partial charge in [-0.2, -0.15) is 0 Å². The molecule has 1 aliphatic heterocycles. The van der Waals surface area contributed by atoms with E-state index in [4.69, 9.17) is 9.47 Å². The average molecular weight is 830 g/mol. The van der Waals surface area contributed by atoms with Gasteiger partial charge in [-0.25, -0.2) is 0 Å². The summed E-state index contributed by atoms with van der Waals surface area (Å²) in [5, 5.41) is 0. The third-order valence-electron chi connectivity index (χ3n) is 14.4. The normalized spacial score (nSPS) is 15.8. The number of hydrogen-bond acceptors (Lipinski definition) is 3. The standard InChI is InChI=1S/C62H39NO2/c1-3-18-40(19-4-1)61(50-28-13-10-25-47(50)59-53(61)38-39-57-60(59)65-56-33-16-15-32-55(56)64-57)41-34-36-43(37-35-41)63(42-20-5-2-6-21-42)54-31-17-30-52-58(54)46-24-9-14-29-51(46)62(52)48-26-11-7-22-44(48)45-23-8-12-27-49(45)62/h1-39H. The van der Waals surface area contributed by atoms with Crippen LogP contribution in [-0.4, -0.2) is 0 Å². The molecular weight excluding hydrogens is 791 g/mol. The number of rotatable bonds is 5. The minimum atomic E-state index is -0.638. The van der Waals surface area contributed by atoms with E-state index in [2.05, 4.69) is 217 Å². The zero-order valence-electron chi connectivity index (χ0n) is 35.3. The number of hydrogen-bond donors (Lipinski definition) is 0. The van der Waals surface area contributed by atoms with Crippen molar-refractivity contribution in [1.29, 1.82) is 0 Å². The molecule has 0 radical (unpaired) electrons. The van der Waals surface area contributed by atoms with Gasteiger partial charge in [-0.3, -0.25) is 0 Å². The molecule has 10 aromatic rings. The molecule has 1 atom stereocenters. The molecule has 1 spiro atoms. The van der Waals surface area contributed by atoms with E-state index in [0.29, 0.717) is 0 Å². The highest BCUT2D eigenvalue weighted by atomic mass is 16.6. The van der Waals surface area contributed by atoms with Crippen LogP contribution in [0.3, 0.4) is 0 Å². The Morgan fingerprint density at radius 3 is 1.40 bits per heavy atom. The number of benzene rings is 10. The Labute approximate surface area is 378 Å². The van der Waals surface area contributed by atoms with Crippen LogP contribution in [0.1, 0.15) is 44.5 Å². The highest BCUT2D eigenvalue weighted by molar-refractivity contribution is 6.01. The Morgan fingerprint density at radius 1 is 0.277 bits per heavy atom. The Morgan fingerprint density at radius 2 is 0.738 bits per heavy atom. The summed E-state index contributed by atoms with van der Waals surface area (Å²) in [6.07, 6.45) is 0. The second-order valence-electron chi connectivity index (χ2n) is 17.4. The summed E-state index contributed by atoms with van der Waals surface area (Å²) in [5.74, 6) is 2.91. The van der Waals surface area contributed by atoms with Crippen molar-refractivity contribution in [2.45, 2.75) is 10.8 Å². The van der Waals surface area contributed by atoms with Gasteiger partial charge in [0.25, 0.3) is 0 Å². The van der Waals surface area contributed by atoms with Crippen molar-refractivity contribution in [2.24, 2.45) is 0 Å². The van der Waals surface area contributed by atoms with Crippen LogP contribution in [0.5, 0.6) is 23.0 Å². The van der Waals surface area contributed by atoms with E-state index in [1.165, 1.54) is 66.8 Å². The van der Waals surface area contributed by atoms with Crippen LogP contribution < -0.4 is 14.4 Å². The maximum atomic E-state index is 6.79. The number of anilines is 3. The van der Waals surface area contributed by atoms with Gasteiger partial charge in [-0.15, -0.1) is 0 Å². The lowest BCUT2D eigenvalue weighted by Crippen LogP contribution is -2.28. The third kappa shape index (κ3) is 4.74. The van der Waals surface area contributed by atoms with Crippen LogP contribution in [0.2, 0.25) is 0 Å². The predicted molar refractivity (Wildman–Crippen MR) is 261 cm³/mol. The number of nitrogens with zero attached hydrogens (tertiary/aromatic N) is 1. The van der Waals surface area contributed by atoms with Gasteiger partial charge in [0, 0.05) is 22.5 Å². The first-order valence-electron chi connectivity index (χ1n) is 22.4. The van der Waals surface area contributed by atoms with Crippen LogP contribution in [0.4, 0.5) is 17.1 Å². The summed E-state index contributed by atoms with van der Waals surface area (Å²) >= 11 is 0. The molecule has 10 aromatic carbocycles. The quantitative estimate of drug-likeness (QED) is 0.172. The van der Waals surface area contributed by atoms with Gasteiger partial charge in [-0.05, 0) is 115 Å². The monoisotopic (exact) mass is 829 g/mol. The highest BCUT2D eigenvalue weighted by Crippen LogP contribution is 2.66. The van der Waals surface area contributed by atoms with Gasteiger partial charge in [0.1, 0.15) is 0 Å². The van der Waals surface area contributed by atoms with Crippen LogP contribution in [0.25, 0.3) is 33.4 Å². The van der Waals surface area contributed by atoms with Gasteiger partial charge in [0.2, 0.25) is 0 Å². The number of fused-ring (bicyclic) bond motifs is 16. The van der Waals surface area contributed by atoms with E-state index in [-0.39, 0.29) is 0 Å². The lowest BCUT2D eigenvalue weighted by molar-refractivity contribution is 0.360. The fraction of sp³-hybridized carbons (Fsp3) is 0.0323. The van der Waals surface area contributed by atoms with Crippen LogP contribution >= 0.6 is 0 Å².